The van der Waals surface area contributed by atoms with E-state index >= 15 is 0 Å². The molecule has 0 amide bonds. The molecule has 0 radical (unpaired) electrons. The van der Waals surface area contributed by atoms with Gasteiger partial charge in [-0.05, 0) is 108 Å². The number of ketones is 2. The van der Waals surface area contributed by atoms with E-state index in [0.29, 0.717) is 64.2 Å². The van der Waals surface area contributed by atoms with Gasteiger partial charge in [0.05, 0.1) is 48.8 Å². The van der Waals surface area contributed by atoms with Gasteiger partial charge in [0.25, 0.3) is 0 Å². The Balaban J connectivity index is -0.00000101. The first-order valence-corrected chi connectivity index (χ1v) is 21.6. The Bertz CT molecular complexity index is 982. The summed E-state index contributed by atoms with van der Waals surface area (Å²) < 4.78 is 0. The highest BCUT2D eigenvalue weighted by Crippen LogP contribution is 2.24. The summed E-state index contributed by atoms with van der Waals surface area (Å²) in [5.74, 6) is -0.420. The molecule has 342 valence electrons. The third kappa shape index (κ3) is 32.2. The largest absolute Gasteiger partial charge is 0.393 e. The van der Waals surface area contributed by atoms with Crippen molar-refractivity contribution in [1.29, 1.82) is 0 Å². The maximum absolute atomic E-state index is 11.0. The highest BCUT2D eigenvalue weighted by atomic mass is 16.3. The van der Waals surface area contributed by atoms with Crippen molar-refractivity contribution in [2.45, 2.75) is 239 Å². The predicted molar refractivity (Wildman–Crippen MR) is 228 cm³/mol. The van der Waals surface area contributed by atoms with Crippen LogP contribution in [0.1, 0.15) is 178 Å². The minimum atomic E-state index is -1.11. The van der Waals surface area contributed by atoms with E-state index in [9.17, 15) is 60.7 Å². The van der Waals surface area contributed by atoms with E-state index in [1.165, 1.54) is 13.8 Å². The number of unbranched alkanes of at least 4 members (excludes halogenated alkanes) is 3. The molecule has 0 aliphatic rings. The summed E-state index contributed by atoms with van der Waals surface area (Å²) in [5, 5.41) is 99.8. The average molecular weight is 823 g/mol. The van der Waals surface area contributed by atoms with E-state index in [1.807, 2.05) is 27.7 Å². The van der Waals surface area contributed by atoms with Gasteiger partial charge in [-0.3, -0.25) is 9.59 Å². The van der Waals surface area contributed by atoms with Gasteiger partial charge in [-0.25, -0.2) is 0 Å². The van der Waals surface area contributed by atoms with Crippen LogP contribution >= 0.6 is 0 Å². The van der Waals surface area contributed by atoms with E-state index in [-0.39, 0.29) is 55.5 Å². The summed E-state index contributed by atoms with van der Waals surface area (Å²) in [6.45, 7) is 16.2. The molecule has 0 heterocycles. The summed E-state index contributed by atoms with van der Waals surface area (Å²) in [6, 6.07) is 0. The monoisotopic (exact) mass is 823 g/mol. The van der Waals surface area contributed by atoms with Crippen molar-refractivity contribution in [3.05, 3.63) is 12.7 Å². The molecule has 0 aliphatic carbocycles. The second-order valence-corrected chi connectivity index (χ2v) is 17.1. The number of allylic oxidation sites excluding steroid dienone is 1. The van der Waals surface area contributed by atoms with Crippen LogP contribution < -0.4 is 0 Å². The van der Waals surface area contributed by atoms with Crippen molar-refractivity contribution < 1.29 is 60.7 Å². The van der Waals surface area contributed by atoms with Crippen molar-refractivity contribution in [3.8, 4) is 0 Å². The summed E-state index contributed by atoms with van der Waals surface area (Å²) in [6.07, 6.45) is 6.01. The summed E-state index contributed by atoms with van der Waals surface area (Å²) in [5.41, 5.74) is 0. The number of hydrogen-bond donors (Lipinski definition) is 10. The van der Waals surface area contributed by atoms with Crippen LogP contribution in [0.2, 0.25) is 0 Å². The minimum absolute atomic E-state index is 0. The lowest BCUT2D eigenvalue weighted by Crippen LogP contribution is -2.34. The highest BCUT2D eigenvalue weighted by Gasteiger charge is 2.26. The van der Waals surface area contributed by atoms with Crippen LogP contribution in [0.5, 0.6) is 0 Å². The Labute approximate surface area is 346 Å². The quantitative estimate of drug-likeness (QED) is 0.0284. The number of hydrogen-bond acceptors (Lipinski definition) is 12. The smallest absolute Gasteiger partial charge is 0.158 e. The van der Waals surface area contributed by atoms with Crippen molar-refractivity contribution >= 4 is 11.6 Å². The normalized spacial score (nSPS) is 19.0. The molecule has 0 aliphatic heterocycles. The summed E-state index contributed by atoms with van der Waals surface area (Å²) in [4.78, 5) is 21.9. The lowest BCUT2D eigenvalue weighted by Gasteiger charge is -2.26. The Morgan fingerprint density at radius 3 is 1.11 bits per heavy atom. The van der Waals surface area contributed by atoms with Gasteiger partial charge < -0.3 is 51.1 Å². The molecule has 14 unspecified atom stereocenters. The maximum atomic E-state index is 11.0. The Morgan fingerprint density at radius 1 is 0.491 bits per heavy atom. The molecule has 12 nitrogen and oxygen atoms in total. The molecule has 0 aromatic rings. The molecular formula is C45H90O12. The van der Waals surface area contributed by atoms with E-state index in [4.69, 9.17) is 0 Å². The van der Waals surface area contributed by atoms with E-state index in [2.05, 4.69) is 13.5 Å². The van der Waals surface area contributed by atoms with Crippen molar-refractivity contribution in [2.75, 3.05) is 0 Å². The van der Waals surface area contributed by atoms with Crippen molar-refractivity contribution in [2.24, 2.45) is 23.7 Å². The topological polar surface area (TPSA) is 236 Å². The number of aliphatic hydroxyl groups is 10. The fourth-order valence-corrected chi connectivity index (χ4v) is 7.07. The molecule has 0 aromatic heterocycles. The first kappa shape index (κ1) is 60.0. The minimum Gasteiger partial charge on any atom is -0.393 e. The molecule has 57 heavy (non-hydrogen) atoms. The first-order valence-electron chi connectivity index (χ1n) is 21.6. The predicted octanol–water partition coefficient (Wildman–Crippen LogP) is 5.56. The van der Waals surface area contributed by atoms with Crippen LogP contribution in [0.25, 0.3) is 0 Å². The van der Waals surface area contributed by atoms with Crippen molar-refractivity contribution in [1.82, 2.24) is 0 Å². The second-order valence-electron chi connectivity index (χ2n) is 17.1. The Hall–Kier alpha value is -1.32. The molecule has 0 bridgehead atoms. The lowest BCUT2D eigenvalue weighted by atomic mass is 9.88. The average Bonchev–Trinajstić information content (AvgIpc) is 3.12. The molecule has 0 rings (SSSR count). The third-order valence-corrected chi connectivity index (χ3v) is 11.0. The van der Waals surface area contributed by atoms with Crippen LogP contribution in [-0.4, -0.2) is 124 Å². The van der Waals surface area contributed by atoms with Crippen LogP contribution in [0.4, 0.5) is 0 Å². The SMILES string of the molecule is C.C=CCCC(C)C(O)C(O)CC(C)CC(O)CCCCC(O)CC(O)C(C)=O.CCCCC(C)C(O)C(O)CC(C)CC(O)CCCCC(O)CC(O)C(C)=O. The van der Waals surface area contributed by atoms with Gasteiger partial charge in [-0.1, -0.05) is 86.6 Å². The fraction of sp³-hybridized carbons (Fsp3) is 0.911. The molecule has 0 aromatic carbocycles. The van der Waals surface area contributed by atoms with Crippen LogP contribution in [0.15, 0.2) is 12.7 Å². The maximum Gasteiger partial charge on any atom is 0.158 e. The molecule has 0 fully saturated rings. The summed E-state index contributed by atoms with van der Waals surface area (Å²) in [7, 11) is 0. The van der Waals surface area contributed by atoms with E-state index in [0.717, 1.165) is 44.9 Å². The molecule has 0 saturated carbocycles. The number of rotatable bonds is 34. The van der Waals surface area contributed by atoms with Gasteiger partial charge in [0.1, 0.15) is 12.2 Å². The molecule has 0 saturated heterocycles. The Morgan fingerprint density at radius 2 is 0.807 bits per heavy atom. The molecule has 12 heteroatoms. The fourth-order valence-electron chi connectivity index (χ4n) is 7.07. The van der Waals surface area contributed by atoms with Crippen LogP contribution in [0.3, 0.4) is 0 Å². The Kier molecular flexibility index (Phi) is 37.3. The molecule has 10 N–H and O–H groups in total. The van der Waals surface area contributed by atoms with Gasteiger partial charge in [0, 0.05) is 12.8 Å². The van der Waals surface area contributed by atoms with Crippen molar-refractivity contribution in [3.63, 3.8) is 0 Å². The van der Waals surface area contributed by atoms with Crippen LogP contribution in [-0.2, 0) is 9.59 Å². The standard InChI is InChI=1S/C22H44O6.C22H42O6.CH4/c2*1-5-6-9-16(3)22(28)21(27)13-15(2)12-18(24)10-7-8-11-19(25)14-20(26)17(4)23;/h15-16,18-22,24-28H,5-14H2,1-4H3;5,15-16,18-22,24-28H,1,6-14H2,2-4H3;1H4. The van der Waals surface area contributed by atoms with Gasteiger partial charge in [-0.15, -0.1) is 6.58 Å². The first-order chi connectivity index (χ1) is 26.2. The molecular weight excluding hydrogens is 732 g/mol. The number of carbonyl (C=O) groups excluding carboxylic acids is 2. The van der Waals surface area contributed by atoms with Gasteiger partial charge in [0.15, 0.2) is 11.6 Å². The second kappa shape index (κ2) is 35.4. The molecule has 14 atom stereocenters. The summed E-state index contributed by atoms with van der Waals surface area (Å²) >= 11 is 0. The lowest BCUT2D eigenvalue weighted by molar-refractivity contribution is -0.127. The zero-order chi connectivity index (χ0) is 43.4. The third-order valence-electron chi connectivity index (χ3n) is 11.0. The van der Waals surface area contributed by atoms with Gasteiger partial charge in [0.2, 0.25) is 0 Å². The number of Topliss-reactive ketones (excluding diaryl/α,β-unsaturated/α-hetero) is 2. The van der Waals surface area contributed by atoms with Gasteiger partial charge >= 0.3 is 0 Å². The zero-order valence-electron chi connectivity index (χ0n) is 36.1. The van der Waals surface area contributed by atoms with E-state index in [1.54, 1.807) is 6.08 Å². The highest BCUT2D eigenvalue weighted by molar-refractivity contribution is 5.80. The van der Waals surface area contributed by atoms with Gasteiger partial charge in [-0.2, -0.15) is 0 Å². The number of aliphatic hydroxyl groups excluding tert-OH is 10. The zero-order valence-corrected chi connectivity index (χ0v) is 36.1. The number of carbonyl (C=O) groups is 2. The van der Waals surface area contributed by atoms with E-state index < -0.39 is 61.0 Å². The van der Waals surface area contributed by atoms with Crippen LogP contribution in [0, 0.1) is 23.7 Å². The molecule has 0 spiro atoms.